The Balaban J connectivity index is 0.00000261. The highest BCUT2D eigenvalue weighted by Gasteiger charge is 2.15. The van der Waals surface area contributed by atoms with Gasteiger partial charge in [-0.2, -0.15) is 4.57 Å². The molecule has 0 radical (unpaired) electrons. The number of Topliss-reactive ketones (excluding diaryl/α,β-unsaturated/α-hetero) is 1. The van der Waals surface area contributed by atoms with Gasteiger partial charge in [-0.25, -0.2) is 0 Å². The number of hydrogen-bond acceptors (Lipinski definition) is 2. The van der Waals surface area contributed by atoms with E-state index in [0.29, 0.717) is 16.8 Å². The van der Waals surface area contributed by atoms with Crippen molar-refractivity contribution in [3.8, 4) is 0 Å². The number of anilines is 1. The van der Waals surface area contributed by atoms with Gasteiger partial charge < -0.3 is 17.7 Å². The zero-order valence-corrected chi connectivity index (χ0v) is 16.0. The molecule has 0 aliphatic rings. The number of ketones is 1. The van der Waals surface area contributed by atoms with Crippen molar-refractivity contribution in [2.45, 2.75) is 20.4 Å². The maximum Gasteiger partial charge on any atom is 0.255 e. The number of hydrogen-bond donors (Lipinski definition) is 1. The van der Waals surface area contributed by atoms with Crippen LogP contribution in [0.15, 0.2) is 73.1 Å². The van der Waals surface area contributed by atoms with Crippen LogP contribution in [-0.2, 0) is 6.54 Å². The second kappa shape index (κ2) is 9.10. The van der Waals surface area contributed by atoms with Crippen LogP contribution in [0, 0.1) is 13.8 Å². The van der Waals surface area contributed by atoms with E-state index in [0.717, 1.165) is 11.1 Å². The summed E-state index contributed by atoms with van der Waals surface area (Å²) in [5, 5.41) is 2.90. The monoisotopic (exact) mass is 380 g/mol. The first-order valence-electron chi connectivity index (χ1n) is 8.49. The van der Waals surface area contributed by atoms with E-state index in [1.165, 1.54) is 0 Å². The van der Waals surface area contributed by atoms with Crippen molar-refractivity contribution in [2.24, 2.45) is 0 Å². The molecule has 3 rings (SSSR count). The SMILES string of the molecule is Cc1cc(NC(=O)c2ccccc2C)ccc1C(=O)C[n+]1ccccc1.[Cl-]. The molecule has 0 unspecified atom stereocenters. The maximum atomic E-state index is 12.5. The lowest BCUT2D eigenvalue weighted by Gasteiger charge is -2.10. The largest absolute Gasteiger partial charge is 1.00 e. The van der Waals surface area contributed by atoms with Gasteiger partial charge in [0.15, 0.2) is 12.4 Å². The number of aryl methyl sites for hydroxylation is 2. The van der Waals surface area contributed by atoms with E-state index >= 15 is 0 Å². The molecule has 1 N–H and O–H groups in total. The first-order chi connectivity index (χ1) is 12.5. The molecular weight excluding hydrogens is 360 g/mol. The standard InChI is InChI=1S/C22H20N2O2.ClH/c1-16-8-4-5-9-20(16)22(26)23-18-10-11-19(17(2)14-18)21(25)15-24-12-6-3-7-13-24;/h3-14H,15H2,1-2H3;1H. The van der Waals surface area contributed by atoms with Crippen LogP contribution in [0.3, 0.4) is 0 Å². The highest BCUT2D eigenvalue weighted by molar-refractivity contribution is 6.05. The third kappa shape index (κ3) is 5.02. The molecule has 1 aromatic heterocycles. The van der Waals surface area contributed by atoms with Crippen LogP contribution >= 0.6 is 0 Å². The molecule has 0 saturated carbocycles. The highest BCUT2D eigenvalue weighted by atomic mass is 35.5. The Morgan fingerprint density at radius 1 is 0.852 bits per heavy atom. The molecule has 0 atom stereocenters. The van der Waals surface area contributed by atoms with Gasteiger partial charge >= 0.3 is 0 Å². The van der Waals surface area contributed by atoms with Gasteiger partial charge in [-0.3, -0.25) is 9.59 Å². The molecule has 0 fully saturated rings. The summed E-state index contributed by atoms with van der Waals surface area (Å²) in [7, 11) is 0. The number of carbonyl (C=O) groups is 2. The zero-order chi connectivity index (χ0) is 18.5. The molecule has 0 bridgehead atoms. The number of pyridine rings is 1. The summed E-state index contributed by atoms with van der Waals surface area (Å²) < 4.78 is 1.84. The van der Waals surface area contributed by atoms with Crippen molar-refractivity contribution in [1.82, 2.24) is 0 Å². The minimum Gasteiger partial charge on any atom is -1.00 e. The Kier molecular flexibility index (Phi) is 6.85. The number of aromatic nitrogens is 1. The lowest BCUT2D eigenvalue weighted by Crippen LogP contribution is -3.00. The maximum absolute atomic E-state index is 12.5. The third-order valence-electron chi connectivity index (χ3n) is 4.28. The van der Waals surface area contributed by atoms with Gasteiger partial charge in [-0.15, -0.1) is 0 Å². The summed E-state index contributed by atoms with van der Waals surface area (Å²) >= 11 is 0. The predicted octanol–water partition coefficient (Wildman–Crippen LogP) is 0.730. The van der Waals surface area contributed by atoms with Crippen LogP contribution in [0.5, 0.6) is 0 Å². The van der Waals surface area contributed by atoms with Gasteiger partial charge in [-0.05, 0) is 49.2 Å². The van der Waals surface area contributed by atoms with Crippen molar-refractivity contribution >= 4 is 17.4 Å². The van der Waals surface area contributed by atoms with Gasteiger partial charge in [0.25, 0.3) is 5.91 Å². The van der Waals surface area contributed by atoms with E-state index < -0.39 is 0 Å². The molecular formula is C22H21ClN2O2. The molecule has 27 heavy (non-hydrogen) atoms. The first kappa shape index (κ1) is 20.3. The van der Waals surface area contributed by atoms with Crippen molar-refractivity contribution in [3.05, 3.63) is 95.3 Å². The summed E-state index contributed by atoms with van der Waals surface area (Å²) in [4.78, 5) is 25.0. The number of benzene rings is 2. The second-order valence-electron chi connectivity index (χ2n) is 6.27. The fourth-order valence-electron chi connectivity index (χ4n) is 2.87. The summed E-state index contributed by atoms with van der Waals surface area (Å²) in [5.41, 5.74) is 3.75. The fourth-order valence-corrected chi connectivity index (χ4v) is 2.87. The van der Waals surface area contributed by atoms with E-state index in [9.17, 15) is 9.59 Å². The number of nitrogens with zero attached hydrogens (tertiary/aromatic N) is 1. The molecule has 3 aromatic rings. The summed E-state index contributed by atoms with van der Waals surface area (Å²) in [5.74, 6) is -0.114. The van der Waals surface area contributed by atoms with E-state index in [1.807, 2.05) is 73.3 Å². The number of carbonyl (C=O) groups excluding carboxylic acids is 2. The Labute approximate surface area is 165 Å². The van der Waals surface area contributed by atoms with E-state index in [1.54, 1.807) is 18.2 Å². The summed E-state index contributed by atoms with van der Waals surface area (Å²) in [6, 6.07) is 18.5. The van der Waals surface area contributed by atoms with Crippen LogP contribution < -0.4 is 22.3 Å². The van der Waals surface area contributed by atoms with Crippen LogP contribution in [0.1, 0.15) is 31.8 Å². The van der Waals surface area contributed by atoms with Crippen LogP contribution in [0.25, 0.3) is 0 Å². The van der Waals surface area contributed by atoms with E-state index in [4.69, 9.17) is 0 Å². The predicted molar refractivity (Wildman–Crippen MR) is 101 cm³/mol. The van der Waals surface area contributed by atoms with Crippen molar-refractivity contribution in [2.75, 3.05) is 5.32 Å². The minimum atomic E-state index is -0.151. The lowest BCUT2D eigenvalue weighted by molar-refractivity contribution is -0.683. The smallest absolute Gasteiger partial charge is 0.255 e. The zero-order valence-electron chi connectivity index (χ0n) is 15.3. The third-order valence-corrected chi connectivity index (χ3v) is 4.28. The average Bonchev–Trinajstić information content (AvgIpc) is 2.63. The van der Waals surface area contributed by atoms with Crippen LogP contribution in [-0.4, -0.2) is 11.7 Å². The Hall–Kier alpha value is -2.98. The summed E-state index contributed by atoms with van der Waals surface area (Å²) in [6.45, 7) is 4.08. The van der Waals surface area contributed by atoms with Gasteiger partial charge in [0.2, 0.25) is 12.3 Å². The lowest BCUT2D eigenvalue weighted by atomic mass is 10.0. The van der Waals surface area contributed by atoms with Crippen molar-refractivity contribution < 1.29 is 26.6 Å². The van der Waals surface area contributed by atoms with E-state index in [2.05, 4.69) is 5.32 Å². The number of halogens is 1. The van der Waals surface area contributed by atoms with Crippen molar-refractivity contribution in [3.63, 3.8) is 0 Å². The van der Waals surface area contributed by atoms with Gasteiger partial charge in [0.1, 0.15) is 0 Å². The second-order valence-corrected chi connectivity index (χ2v) is 6.27. The quantitative estimate of drug-likeness (QED) is 0.524. The molecule has 0 aliphatic carbocycles. The molecule has 1 heterocycles. The molecule has 0 aliphatic heterocycles. The Morgan fingerprint density at radius 3 is 2.22 bits per heavy atom. The normalized spacial score (nSPS) is 10.0. The number of amides is 1. The topological polar surface area (TPSA) is 50.1 Å². The molecule has 1 amide bonds. The summed E-state index contributed by atoms with van der Waals surface area (Å²) in [6.07, 6.45) is 3.73. The molecule has 138 valence electrons. The van der Waals surface area contributed by atoms with Gasteiger partial charge in [0, 0.05) is 28.9 Å². The van der Waals surface area contributed by atoms with Gasteiger partial charge in [0.05, 0.1) is 0 Å². The highest BCUT2D eigenvalue weighted by Crippen LogP contribution is 2.17. The molecule has 0 spiro atoms. The van der Waals surface area contributed by atoms with E-state index in [-0.39, 0.29) is 30.6 Å². The van der Waals surface area contributed by atoms with Gasteiger partial charge in [-0.1, -0.05) is 24.3 Å². The van der Waals surface area contributed by atoms with Crippen molar-refractivity contribution in [1.29, 1.82) is 0 Å². The average molecular weight is 381 g/mol. The number of rotatable bonds is 5. The Bertz CT molecular complexity index is 956. The molecule has 4 nitrogen and oxygen atoms in total. The number of nitrogens with one attached hydrogen (secondary N) is 1. The fraction of sp³-hybridized carbons (Fsp3) is 0.136. The van der Waals surface area contributed by atoms with Crippen LogP contribution in [0.4, 0.5) is 5.69 Å². The van der Waals surface area contributed by atoms with Crippen LogP contribution in [0.2, 0.25) is 0 Å². The molecule has 0 saturated heterocycles. The Morgan fingerprint density at radius 2 is 1.56 bits per heavy atom. The molecule has 2 aromatic carbocycles. The minimum absolute atomic E-state index is 0. The first-order valence-corrected chi connectivity index (χ1v) is 8.49. The molecule has 5 heteroatoms.